The molecule has 0 aliphatic rings. The number of benzene rings is 3. The second kappa shape index (κ2) is 7.61. The molecule has 0 heterocycles. The molecule has 3 aromatic rings. The molecule has 0 bridgehead atoms. The van der Waals surface area contributed by atoms with Gasteiger partial charge in [-0.05, 0) is 27.9 Å². The normalized spacial score (nSPS) is 13.4. The summed E-state index contributed by atoms with van der Waals surface area (Å²) in [6, 6.07) is 33.1. The zero-order valence-electron chi connectivity index (χ0n) is 16.2. The molecule has 1 unspecified atom stereocenters. The summed E-state index contributed by atoms with van der Waals surface area (Å²) in [4.78, 5) is 4.16. The lowest BCUT2D eigenvalue weighted by Crippen LogP contribution is -2.74. The molecule has 2 heteroatoms. The van der Waals surface area contributed by atoms with Crippen LogP contribution in [-0.4, -0.2) is 8.24 Å². The number of rotatable bonds is 5. The highest BCUT2D eigenvalue weighted by molar-refractivity contribution is 7.02. The minimum absolute atomic E-state index is 0.110. The molecule has 0 aromatic heterocycles. The second-order valence-electron chi connectivity index (χ2n) is 8.01. The summed E-state index contributed by atoms with van der Waals surface area (Å²) >= 11 is 0. The van der Waals surface area contributed by atoms with Crippen molar-refractivity contribution < 1.29 is 0 Å². The Labute approximate surface area is 159 Å². The molecule has 0 aliphatic heterocycles. The number of hydrogen-bond donors (Lipinski definition) is 1. The van der Waals surface area contributed by atoms with E-state index >= 15 is 0 Å². The van der Waals surface area contributed by atoms with Crippen molar-refractivity contribution in [1.29, 1.82) is 0 Å². The lowest BCUT2D eigenvalue weighted by Gasteiger charge is -2.46. The maximum atomic E-state index is 4.16. The molecule has 1 N–H and O–H groups in total. The molecule has 0 aliphatic carbocycles. The minimum Gasteiger partial charge on any atom is -0.324 e. The van der Waals surface area contributed by atoms with Gasteiger partial charge in [-0.2, -0.15) is 0 Å². The van der Waals surface area contributed by atoms with Gasteiger partial charge in [0.15, 0.2) is 8.24 Å². The summed E-state index contributed by atoms with van der Waals surface area (Å²) in [5.41, 5.74) is 1.33. The summed E-state index contributed by atoms with van der Waals surface area (Å²) in [5, 5.41) is 2.97. The van der Waals surface area contributed by atoms with Gasteiger partial charge in [0.25, 0.3) is 0 Å². The number of nitrogens with one attached hydrogen (secondary N) is 1. The van der Waals surface area contributed by atoms with Crippen LogP contribution in [0.5, 0.6) is 0 Å². The van der Waals surface area contributed by atoms with E-state index in [9.17, 15) is 0 Å². The highest BCUT2D eigenvalue weighted by Crippen LogP contribution is 2.35. The average molecular weight is 360 g/mol. The fourth-order valence-corrected chi connectivity index (χ4v) is 8.97. The molecular weight excluding hydrogens is 330 g/mol. The Balaban J connectivity index is 2.18. The van der Waals surface area contributed by atoms with Crippen molar-refractivity contribution in [1.82, 2.24) is 4.98 Å². The SMILES string of the molecule is CC(N[Si](c1ccccc1)(c1ccccc1)C(C)(C)C)c1ccccc1. The van der Waals surface area contributed by atoms with Gasteiger partial charge >= 0.3 is 0 Å². The van der Waals surface area contributed by atoms with Crippen molar-refractivity contribution in [2.75, 3.05) is 0 Å². The van der Waals surface area contributed by atoms with Gasteiger partial charge in [0.1, 0.15) is 0 Å². The molecule has 1 atom stereocenters. The van der Waals surface area contributed by atoms with Gasteiger partial charge in [0.2, 0.25) is 0 Å². The third-order valence-corrected chi connectivity index (χ3v) is 10.8. The largest absolute Gasteiger partial charge is 0.324 e. The topological polar surface area (TPSA) is 12.0 Å². The van der Waals surface area contributed by atoms with Gasteiger partial charge in [0.05, 0.1) is 0 Å². The first-order valence-corrected chi connectivity index (χ1v) is 11.4. The summed E-state index contributed by atoms with van der Waals surface area (Å²) in [6.45, 7) is 9.42. The van der Waals surface area contributed by atoms with Crippen molar-refractivity contribution in [2.45, 2.75) is 38.8 Å². The van der Waals surface area contributed by atoms with E-state index in [0.717, 1.165) is 0 Å². The van der Waals surface area contributed by atoms with Gasteiger partial charge in [-0.25, -0.2) is 0 Å². The van der Waals surface area contributed by atoms with Gasteiger partial charge in [-0.1, -0.05) is 112 Å². The van der Waals surface area contributed by atoms with E-state index in [-0.39, 0.29) is 11.1 Å². The van der Waals surface area contributed by atoms with Crippen LogP contribution in [0.1, 0.15) is 39.3 Å². The number of hydrogen-bond acceptors (Lipinski definition) is 1. The van der Waals surface area contributed by atoms with E-state index < -0.39 is 8.24 Å². The Morgan fingerprint density at radius 3 is 1.42 bits per heavy atom. The Hall–Kier alpha value is -2.16. The third kappa shape index (κ3) is 3.53. The first kappa shape index (κ1) is 18.6. The average Bonchev–Trinajstić information content (AvgIpc) is 2.67. The maximum absolute atomic E-state index is 4.16. The van der Waals surface area contributed by atoms with Crippen LogP contribution in [0.2, 0.25) is 5.04 Å². The van der Waals surface area contributed by atoms with E-state index in [1.807, 2.05) is 0 Å². The fourth-order valence-electron chi connectivity index (χ4n) is 3.94. The first-order chi connectivity index (χ1) is 12.4. The summed E-state index contributed by atoms with van der Waals surface area (Å²) < 4.78 is 0. The molecule has 26 heavy (non-hydrogen) atoms. The Bertz CT molecular complexity index is 768. The smallest absolute Gasteiger partial charge is 0.195 e. The molecule has 134 valence electrons. The van der Waals surface area contributed by atoms with Crippen molar-refractivity contribution in [3.05, 3.63) is 96.6 Å². The third-order valence-electron chi connectivity index (χ3n) is 5.27. The molecule has 0 fully saturated rings. The summed E-state index contributed by atoms with van der Waals surface area (Å²) in [7, 11) is -2.25. The molecule has 0 saturated heterocycles. The predicted octanol–water partition coefficient (Wildman–Crippen LogP) is 4.90. The van der Waals surface area contributed by atoms with Crippen molar-refractivity contribution in [2.24, 2.45) is 0 Å². The van der Waals surface area contributed by atoms with Gasteiger partial charge in [0, 0.05) is 6.04 Å². The quantitative estimate of drug-likeness (QED) is 0.639. The lowest BCUT2D eigenvalue weighted by atomic mass is 10.1. The molecule has 3 rings (SSSR count). The Morgan fingerprint density at radius 2 is 1.04 bits per heavy atom. The Kier molecular flexibility index (Phi) is 5.45. The molecule has 1 nitrogen and oxygen atoms in total. The highest BCUT2D eigenvalue weighted by atomic mass is 28.3. The summed E-state index contributed by atoms with van der Waals surface area (Å²) in [5.74, 6) is 0. The van der Waals surface area contributed by atoms with Crippen LogP contribution in [0.15, 0.2) is 91.0 Å². The van der Waals surface area contributed by atoms with Gasteiger partial charge < -0.3 is 4.98 Å². The molecule has 3 aromatic carbocycles. The highest BCUT2D eigenvalue weighted by Gasteiger charge is 2.48. The molecule has 0 amide bonds. The monoisotopic (exact) mass is 359 g/mol. The van der Waals surface area contributed by atoms with Gasteiger partial charge in [-0.3, -0.25) is 0 Å². The van der Waals surface area contributed by atoms with Crippen LogP contribution in [0, 0.1) is 0 Å². The van der Waals surface area contributed by atoms with E-state index in [1.54, 1.807) is 0 Å². The predicted molar refractivity (Wildman–Crippen MR) is 116 cm³/mol. The van der Waals surface area contributed by atoms with Crippen LogP contribution in [0.4, 0.5) is 0 Å². The molecule has 0 saturated carbocycles. The standard InChI is InChI=1S/C24H29NSi/c1-20(21-14-8-5-9-15-21)25-26(24(2,3)4,22-16-10-6-11-17-22)23-18-12-7-13-19-23/h5-20,25H,1-4H3. The summed E-state index contributed by atoms with van der Waals surface area (Å²) in [6.07, 6.45) is 0. The minimum atomic E-state index is -2.25. The van der Waals surface area contributed by atoms with Crippen LogP contribution in [0.3, 0.4) is 0 Å². The van der Waals surface area contributed by atoms with Crippen molar-refractivity contribution >= 4 is 18.6 Å². The van der Waals surface area contributed by atoms with E-state index in [2.05, 4.69) is 124 Å². The van der Waals surface area contributed by atoms with Crippen LogP contribution < -0.4 is 15.4 Å². The second-order valence-corrected chi connectivity index (χ2v) is 12.5. The van der Waals surface area contributed by atoms with Crippen molar-refractivity contribution in [3.8, 4) is 0 Å². The maximum Gasteiger partial charge on any atom is 0.195 e. The van der Waals surface area contributed by atoms with E-state index in [4.69, 9.17) is 0 Å². The van der Waals surface area contributed by atoms with Crippen LogP contribution in [0.25, 0.3) is 0 Å². The van der Waals surface area contributed by atoms with Crippen molar-refractivity contribution in [3.63, 3.8) is 0 Å². The Morgan fingerprint density at radius 1 is 0.654 bits per heavy atom. The van der Waals surface area contributed by atoms with Crippen LogP contribution in [-0.2, 0) is 0 Å². The van der Waals surface area contributed by atoms with E-state index in [0.29, 0.717) is 0 Å². The van der Waals surface area contributed by atoms with E-state index in [1.165, 1.54) is 15.9 Å². The molecular formula is C24H29NSi. The molecule has 0 radical (unpaired) electrons. The first-order valence-electron chi connectivity index (χ1n) is 9.39. The molecule has 0 spiro atoms. The fraction of sp³-hybridized carbons (Fsp3) is 0.250. The zero-order valence-corrected chi connectivity index (χ0v) is 17.2. The lowest BCUT2D eigenvalue weighted by molar-refractivity contribution is 0.649. The van der Waals surface area contributed by atoms with Crippen LogP contribution >= 0.6 is 0 Å². The van der Waals surface area contributed by atoms with Gasteiger partial charge in [-0.15, -0.1) is 0 Å². The zero-order chi connectivity index (χ0) is 18.6.